The minimum atomic E-state index is -3.75. The molecule has 0 saturated heterocycles. The van der Waals surface area contributed by atoms with Crippen LogP contribution >= 0.6 is 0 Å². The van der Waals surface area contributed by atoms with E-state index >= 15 is 0 Å². The summed E-state index contributed by atoms with van der Waals surface area (Å²) >= 11 is 0. The summed E-state index contributed by atoms with van der Waals surface area (Å²) in [6, 6.07) is 0. The molecule has 5 heteroatoms. The highest BCUT2D eigenvalue weighted by Crippen LogP contribution is 2.14. The summed E-state index contributed by atoms with van der Waals surface area (Å²) in [5.41, 5.74) is 5.49. The predicted octanol–water partition coefficient (Wildman–Crippen LogP) is 5.85. The Balaban J connectivity index is 3.03. The van der Waals surface area contributed by atoms with E-state index < -0.39 is 10.1 Å². The van der Waals surface area contributed by atoms with Crippen LogP contribution in [0.3, 0.4) is 0 Å². The van der Waals surface area contributed by atoms with E-state index in [0.29, 0.717) is 6.42 Å². The Labute approximate surface area is 157 Å². The van der Waals surface area contributed by atoms with Crippen LogP contribution in [-0.4, -0.2) is 25.3 Å². The van der Waals surface area contributed by atoms with Crippen LogP contribution in [0.5, 0.6) is 0 Å². The largest absolute Gasteiger partial charge is 0.330 e. The molecule has 0 rings (SSSR count). The first kappa shape index (κ1) is 24.9. The van der Waals surface area contributed by atoms with Gasteiger partial charge in [0.15, 0.2) is 0 Å². The Morgan fingerprint density at radius 2 is 0.720 bits per heavy atom. The van der Waals surface area contributed by atoms with Gasteiger partial charge in [0.2, 0.25) is 0 Å². The minimum Gasteiger partial charge on any atom is -0.330 e. The van der Waals surface area contributed by atoms with Crippen LogP contribution in [0.25, 0.3) is 0 Å². The van der Waals surface area contributed by atoms with Gasteiger partial charge in [-0.05, 0) is 19.4 Å². The van der Waals surface area contributed by atoms with Crippen LogP contribution in [0.1, 0.15) is 116 Å². The van der Waals surface area contributed by atoms with Gasteiger partial charge in [0, 0.05) is 0 Å². The quantitative estimate of drug-likeness (QED) is 0.206. The molecule has 0 aromatic rings. The highest BCUT2D eigenvalue weighted by atomic mass is 32.2. The second kappa shape index (κ2) is 18.7. The van der Waals surface area contributed by atoms with Crippen molar-refractivity contribution in [1.29, 1.82) is 0 Å². The lowest BCUT2D eigenvalue weighted by Gasteiger charge is -2.04. The van der Waals surface area contributed by atoms with Gasteiger partial charge in [0.05, 0.1) is 5.75 Å². The second-order valence-corrected chi connectivity index (χ2v) is 9.01. The summed E-state index contributed by atoms with van der Waals surface area (Å²) in [6.07, 6.45) is 22.7. The molecule has 3 N–H and O–H groups in total. The van der Waals surface area contributed by atoms with Gasteiger partial charge in [-0.15, -0.1) is 0 Å². The van der Waals surface area contributed by atoms with E-state index in [-0.39, 0.29) is 5.75 Å². The van der Waals surface area contributed by atoms with Crippen molar-refractivity contribution in [3.8, 4) is 0 Å². The SMILES string of the molecule is NCCCCCCCCCCCCCCCCCCCCS(=O)(=O)O. The normalized spacial score (nSPS) is 11.9. The van der Waals surface area contributed by atoms with Gasteiger partial charge in [-0.3, -0.25) is 4.55 Å². The highest BCUT2D eigenvalue weighted by molar-refractivity contribution is 7.85. The molecule has 0 amide bonds. The molecule has 0 heterocycles. The van der Waals surface area contributed by atoms with Crippen LogP contribution in [0.2, 0.25) is 0 Å². The first-order chi connectivity index (χ1) is 12.1. The molecule has 152 valence electrons. The highest BCUT2D eigenvalue weighted by Gasteiger charge is 2.02. The van der Waals surface area contributed by atoms with Gasteiger partial charge >= 0.3 is 0 Å². The van der Waals surface area contributed by atoms with Gasteiger partial charge in [-0.1, -0.05) is 103 Å². The maximum atomic E-state index is 10.6. The van der Waals surface area contributed by atoms with Crippen molar-refractivity contribution in [3.05, 3.63) is 0 Å². The zero-order valence-corrected chi connectivity index (χ0v) is 17.2. The number of hydrogen-bond acceptors (Lipinski definition) is 3. The van der Waals surface area contributed by atoms with Gasteiger partial charge in [0.1, 0.15) is 0 Å². The van der Waals surface area contributed by atoms with Crippen LogP contribution < -0.4 is 5.73 Å². The van der Waals surface area contributed by atoms with Crippen molar-refractivity contribution in [3.63, 3.8) is 0 Å². The molecule has 0 aliphatic heterocycles. The Morgan fingerprint density at radius 1 is 0.480 bits per heavy atom. The predicted molar refractivity (Wildman–Crippen MR) is 109 cm³/mol. The van der Waals surface area contributed by atoms with Crippen LogP contribution in [0, 0.1) is 0 Å². The lowest BCUT2D eigenvalue weighted by atomic mass is 10.0. The topological polar surface area (TPSA) is 80.4 Å². The summed E-state index contributed by atoms with van der Waals surface area (Å²) in [5, 5.41) is 0. The Morgan fingerprint density at radius 3 is 0.960 bits per heavy atom. The Kier molecular flexibility index (Phi) is 18.6. The molecule has 25 heavy (non-hydrogen) atoms. The number of nitrogens with two attached hydrogens (primary N) is 1. The zero-order chi connectivity index (χ0) is 18.6. The van der Waals surface area contributed by atoms with Crippen molar-refractivity contribution in [2.24, 2.45) is 5.73 Å². The fraction of sp³-hybridized carbons (Fsp3) is 1.00. The monoisotopic (exact) mass is 377 g/mol. The maximum Gasteiger partial charge on any atom is 0.264 e. The molecule has 0 radical (unpaired) electrons. The van der Waals surface area contributed by atoms with Gasteiger partial charge in [0.25, 0.3) is 10.1 Å². The van der Waals surface area contributed by atoms with Crippen molar-refractivity contribution < 1.29 is 13.0 Å². The molecular weight excluding hydrogens is 334 g/mol. The Bertz CT molecular complexity index is 358. The average Bonchev–Trinajstić information content (AvgIpc) is 2.56. The first-order valence-corrected chi connectivity index (χ1v) is 12.3. The fourth-order valence-electron chi connectivity index (χ4n) is 3.26. The summed E-state index contributed by atoms with van der Waals surface area (Å²) < 4.78 is 29.8. The first-order valence-electron chi connectivity index (χ1n) is 10.7. The minimum absolute atomic E-state index is 0.0821. The second-order valence-electron chi connectivity index (χ2n) is 7.44. The third-order valence-corrected chi connectivity index (χ3v) is 5.66. The summed E-state index contributed by atoms with van der Waals surface area (Å²) in [4.78, 5) is 0. The van der Waals surface area contributed by atoms with Crippen LogP contribution in [0.4, 0.5) is 0 Å². The Hall–Kier alpha value is -0.130. The molecule has 0 atom stereocenters. The van der Waals surface area contributed by atoms with E-state index in [0.717, 1.165) is 19.4 Å². The third kappa shape index (κ3) is 23.9. The van der Waals surface area contributed by atoms with E-state index in [1.54, 1.807) is 0 Å². The van der Waals surface area contributed by atoms with Crippen LogP contribution in [0.15, 0.2) is 0 Å². The van der Waals surface area contributed by atoms with Crippen molar-refractivity contribution >= 4 is 10.1 Å². The van der Waals surface area contributed by atoms with Crippen molar-refractivity contribution in [2.45, 2.75) is 116 Å². The molecular formula is C20H43NO3S. The zero-order valence-electron chi connectivity index (χ0n) is 16.4. The molecule has 0 unspecified atom stereocenters. The van der Waals surface area contributed by atoms with Crippen LogP contribution in [-0.2, 0) is 10.1 Å². The van der Waals surface area contributed by atoms with E-state index in [1.807, 2.05) is 0 Å². The molecule has 0 aromatic carbocycles. The summed E-state index contributed by atoms with van der Waals surface area (Å²) in [6.45, 7) is 0.844. The van der Waals surface area contributed by atoms with Gasteiger partial charge < -0.3 is 5.73 Å². The summed E-state index contributed by atoms with van der Waals surface area (Å²) in [7, 11) is -3.75. The molecule has 0 aliphatic rings. The number of unbranched alkanes of at least 4 members (excludes halogenated alkanes) is 17. The van der Waals surface area contributed by atoms with Gasteiger partial charge in [-0.25, -0.2) is 0 Å². The van der Waals surface area contributed by atoms with Gasteiger partial charge in [-0.2, -0.15) is 8.42 Å². The van der Waals surface area contributed by atoms with Crippen molar-refractivity contribution in [1.82, 2.24) is 0 Å². The van der Waals surface area contributed by atoms with E-state index in [2.05, 4.69) is 0 Å². The number of rotatable bonds is 20. The molecule has 0 fully saturated rings. The molecule has 0 aliphatic carbocycles. The van der Waals surface area contributed by atoms with E-state index in [4.69, 9.17) is 10.3 Å². The standard InChI is InChI=1S/C20H43NO3S/c21-19-17-15-13-11-9-7-5-3-1-2-4-6-8-10-12-14-16-18-20-25(22,23)24/h1-21H2,(H,22,23,24). The number of hydrogen-bond donors (Lipinski definition) is 2. The smallest absolute Gasteiger partial charge is 0.264 e. The molecule has 4 nitrogen and oxygen atoms in total. The van der Waals surface area contributed by atoms with E-state index in [1.165, 1.54) is 96.3 Å². The lowest BCUT2D eigenvalue weighted by Crippen LogP contribution is -2.03. The third-order valence-electron chi connectivity index (χ3n) is 4.86. The average molecular weight is 378 g/mol. The molecule has 0 spiro atoms. The molecule has 0 aromatic heterocycles. The molecule has 0 saturated carbocycles. The summed E-state index contributed by atoms with van der Waals surface area (Å²) in [5.74, 6) is -0.0821. The lowest BCUT2D eigenvalue weighted by molar-refractivity contribution is 0.478. The van der Waals surface area contributed by atoms with Crippen molar-refractivity contribution in [2.75, 3.05) is 12.3 Å². The fourth-order valence-corrected chi connectivity index (χ4v) is 3.83. The molecule has 0 bridgehead atoms. The van der Waals surface area contributed by atoms with E-state index in [9.17, 15) is 8.42 Å². The maximum absolute atomic E-state index is 10.6.